The van der Waals surface area contributed by atoms with Gasteiger partial charge < -0.3 is 15.6 Å². The molecule has 1 aromatic carbocycles. The molecule has 0 radical (unpaired) electrons. The molecule has 0 spiro atoms. The lowest BCUT2D eigenvalue weighted by Crippen LogP contribution is -2.30. The van der Waals surface area contributed by atoms with E-state index in [1.54, 1.807) is 18.9 Å². The van der Waals surface area contributed by atoms with E-state index in [-0.39, 0.29) is 0 Å². The Bertz CT molecular complexity index is 414. The molecule has 0 saturated carbocycles. The first-order chi connectivity index (χ1) is 8.54. The lowest BCUT2D eigenvalue weighted by atomic mass is 10.2. The second-order valence-electron chi connectivity index (χ2n) is 3.74. The quantitative estimate of drug-likeness (QED) is 0.750. The van der Waals surface area contributed by atoms with Crippen molar-refractivity contribution in [3.8, 4) is 5.75 Å². The summed E-state index contributed by atoms with van der Waals surface area (Å²) in [7, 11) is 1.64. The summed E-state index contributed by atoms with van der Waals surface area (Å²) in [5, 5.41) is 8.66. The van der Waals surface area contributed by atoms with Crippen molar-refractivity contribution in [1.29, 1.82) is 0 Å². The monoisotopic (exact) mass is 333 g/mol. The zero-order valence-electron chi connectivity index (χ0n) is 10.1. The fraction of sp³-hybridized carbons (Fsp3) is 0.417. The number of halogens is 1. The molecule has 0 aromatic heterocycles. The highest BCUT2D eigenvalue weighted by atomic mass is 79.9. The molecule has 0 aliphatic carbocycles. The van der Waals surface area contributed by atoms with E-state index in [0.29, 0.717) is 12.2 Å². The molecule has 1 aromatic rings. The highest BCUT2D eigenvalue weighted by Crippen LogP contribution is 2.26. The Kier molecular flexibility index (Phi) is 6.52. The van der Waals surface area contributed by atoms with Crippen LogP contribution in [-0.2, 0) is 10.5 Å². The summed E-state index contributed by atoms with van der Waals surface area (Å²) < 4.78 is 6.26. The normalized spacial score (nSPS) is 12.2. The summed E-state index contributed by atoms with van der Waals surface area (Å²) >= 11 is 5.06. The van der Waals surface area contributed by atoms with E-state index in [9.17, 15) is 4.79 Å². The Hall–Kier alpha value is -0.720. The van der Waals surface area contributed by atoms with E-state index in [1.165, 1.54) is 0 Å². The summed E-state index contributed by atoms with van der Waals surface area (Å²) in [6.45, 7) is 0. The van der Waals surface area contributed by atoms with Crippen molar-refractivity contribution >= 4 is 33.7 Å². The van der Waals surface area contributed by atoms with Gasteiger partial charge >= 0.3 is 5.97 Å². The minimum Gasteiger partial charge on any atom is -0.496 e. The number of carbonyl (C=O) groups is 1. The standard InChI is InChI=1S/C12H16BrNO3S/c1-17-11-3-2-9(13)6-8(11)7-18-5-4-10(14)12(15)16/h2-3,6,10H,4-5,7,14H2,1H3,(H,15,16). The average molecular weight is 334 g/mol. The molecule has 0 fully saturated rings. The Morgan fingerprint density at radius 1 is 1.61 bits per heavy atom. The van der Waals surface area contributed by atoms with Crippen LogP contribution in [0.5, 0.6) is 5.75 Å². The van der Waals surface area contributed by atoms with Gasteiger partial charge in [0.1, 0.15) is 11.8 Å². The maximum Gasteiger partial charge on any atom is 0.320 e. The van der Waals surface area contributed by atoms with Crippen molar-refractivity contribution in [1.82, 2.24) is 0 Å². The highest BCUT2D eigenvalue weighted by molar-refractivity contribution is 9.10. The first kappa shape index (κ1) is 15.3. The van der Waals surface area contributed by atoms with E-state index in [2.05, 4.69) is 15.9 Å². The third-order valence-corrected chi connectivity index (χ3v) is 3.92. The molecular formula is C12H16BrNO3S. The van der Waals surface area contributed by atoms with Gasteiger partial charge in [0.2, 0.25) is 0 Å². The maximum absolute atomic E-state index is 10.5. The number of ether oxygens (including phenoxy) is 1. The van der Waals surface area contributed by atoms with Crippen molar-refractivity contribution in [2.75, 3.05) is 12.9 Å². The van der Waals surface area contributed by atoms with Crippen LogP contribution in [0.25, 0.3) is 0 Å². The van der Waals surface area contributed by atoms with Crippen LogP contribution < -0.4 is 10.5 Å². The molecule has 0 aliphatic heterocycles. The molecule has 1 atom stereocenters. The molecular weight excluding hydrogens is 318 g/mol. The van der Waals surface area contributed by atoms with Gasteiger partial charge in [0.15, 0.2) is 0 Å². The van der Waals surface area contributed by atoms with Gasteiger partial charge in [0, 0.05) is 15.8 Å². The van der Waals surface area contributed by atoms with Crippen molar-refractivity contribution in [3.05, 3.63) is 28.2 Å². The molecule has 6 heteroatoms. The molecule has 0 aliphatic rings. The van der Waals surface area contributed by atoms with Crippen molar-refractivity contribution in [2.45, 2.75) is 18.2 Å². The predicted molar refractivity (Wildman–Crippen MR) is 77.1 cm³/mol. The number of hydrogen-bond acceptors (Lipinski definition) is 4. The van der Waals surface area contributed by atoms with Crippen LogP contribution in [0.1, 0.15) is 12.0 Å². The van der Waals surface area contributed by atoms with Gasteiger partial charge in [-0.2, -0.15) is 11.8 Å². The Morgan fingerprint density at radius 2 is 2.33 bits per heavy atom. The average Bonchev–Trinajstić information content (AvgIpc) is 2.34. The summed E-state index contributed by atoms with van der Waals surface area (Å²) in [5.74, 6) is 1.38. The van der Waals surface area contributed by atoms with Crippen LogP contribution in [0.3, 0.4) is 0 Å². The van der Waals surface area contributed by atoms with E-state index < -0.39 is 12.0 Å². The number of carboxylic acids is 1. The molecule has 3 N–H and O–H groups in total. The molecule has 1 rings (SSSR count). The number of rotatable bonds is 7. The molecule has 0 amide bonds. The first-order valence-corrected chi connectivity index (χ1v) is 7.38. The summed E-state index contributed by atoms with van der Waals surface area (Å²) in [4.78, 5) is 10.5. The Labute approximate surface area is 119 Å². The maximum atomic E-state index is 10.5. The Morgan fingerprint density at radius 3 is 2.94 bits per heavy atom. The van der Waals surface area contributed by atoms with E-state index in [1.807, 2.05) is 18.2 Å². The SMILES string of the molecule is COc1ccc(Br)cc1CSCCC(N)C(=O)O. The predicted octanol–water partition coefficient (Wildman–Crippen LogP) is 2.49. The van der Waals surface area contributed by atoms with Crippen molar-refractivity contribution < 1.29 is 14.6 Å². The summed E-state index contributed by atoms with van der Waals surface area (Å²) in [6, 6.07) is 5.06. The largest absolute Gasteiger partial charge is 0.496 e. The number of methoxy groups -OCH3 is 1. The molecule has 18 heavy (non-hydrogen) atoms. The number of nitrogens with two attached hydrogens (primary N) is 1. The highest BCUT2D eigenvalue weighted by Gasteiger charge is 2.11. The zero-order valence-corrected chi connectivity index (χ0v) is 12.5. The molecule has 4 nitrogen and oxygen atoms in total. The molecule has 100 valence electrons. The minimum absolute atomic E-state index is 0.469. The van der Waals surface area contributed by atoms with Crippen LogP contribution in [0.2, 0.25) is 0 Å². The third-order valence-electron chi connectivity index (χ3n) is 2.39. The van der Waals surface area contributed by atoms with E-state index in [0.717, 1.165) is 21.5 Å². The number of thioether (sulfide) groups is 1. The number of benzene rings is 1. The summed E-state index contributed by atoms with van der Waals surface area (Å²) in [6.07, 6.45) is 0.469. The number of hydrogen-bond donors (Lipinski definition) is 2. The van der Waals surface area contributed by atoms with Gasteiger partial charge in [-0.25, -0.2) is 0 Å². The van der Waals surface area contributed by atoms with Crippen molar-refractivity contribution in [3.63, 3.8) is 0 Å². The fourth-order valence-corrected chi connectivity index (χ4v) is 2.79. The molecule has 0 heterocycles. The molecule has 0 saturated heterocycles. The lowest BCUT2D eigenvalue weighted by Gasteiger charge is -2.09. The summed E-state index contributed by atoms with van der Waals surface area (Å²) in [5.41, 5.74) is 6.52. The van der Waals surface area contributed by atoms with E-state index in [4.69, 9.17) is 15.6 Å². The van der Waals surface area contributed by atoms with Crippen molar-refractivity contribution in [2.24, 2.45) is 5.73 Å². The molecule has 0 bridgehead atoms. The minimum atomic E-state index is -0.948. The van der Waals surface area contributed by atoms with E-state index >= 15 is 0 Å². The van der Waals surface area contributed by atoms with Gasteiger partial charge in [-0.1, -0.05) is 15.9 Å². The second-order valence-corrected chi connectivity index (χ2v) is 5.76. The van der Waals surface area contributed by atoms with Crippen LogP contribution >= 0.6 is 27.7 Å². The van der Waals surface area contributed by atoms with Crippen LogP contribution in [0.15, 0.2) is 22.7 Å². The van der Waals surface area contributed by atoms with Gasteiger partial charge in [-0.15, -0.1) is 0 Å². The first-order valence-electron chi connectivity index (χ1n) is 5.43. The zero-order chi connectivity index (χ0) is 13.5. The molecule has 1 unspecified atom stereocenters. The fourth-order valence-electron chi connectivity index (χ4n) is 1.38. The van der Waals surface area contributed by atoms with Gasteiger partial charge in [-0.05, 0) is 30.4 Å². The van der Waals surface area contributed by atoms with Gasteiger partial charge in [0.05, 0.1) is 7.11 Å². The van der Waals surface area contributed by atoms with Gasteiger partial charge in [0.25, 0.3) is 0 Å². The second kappa shape index (κ2) is 7.66. The van der Waals surface area contributed by atoms with Gasteiger partial charge in [-0.3, -0.25) is 4.79 Å². The number of carboxylic acid groups (broad SMARTS) is 1. The van der Waals surface area contributed by atoms with Crippen LogP contribution in [-0.4, -0.2) is 30.0 Å². The van der Waals surface area contributed by atoms with Crippen LogP contribution in [0.4, 0.5) is 0 Å². The lowest BCUT2D eigenvalue weighted by molar-refractivity contribution is -0.138. The third kappa shape index (κ3) is 4.88. The number of aliphatic carboxylic acids is 1. The Balaban J connectivity index is 2.43. The van der Waals surface area contributed by atoms with Crippen LogP contribution in [0, 0.1) is 0 Å². The topological polar surface area (TPSA) is 72.5 Å². The smallest absolute Gasteiger partial charge is 0.320 e.